The van der Waals surface area contributed by atoms with Crippen molar-refractivity contribution in [3.63, 3.8) is 0 Å². The molecule has 1 N–H and O–H groups in total. The normalized spacial score (nSPS) is 38.4. The van der Waals surface area contributed by atoms with E-state index in [-0.39, 0.29) is 16.7 Å². The third-order valence-electron chi connectivity index (χ3n) is 12.1. The van der Waals surface area contributed by atoms with Crippen molar-refractivity contribution in [1.29, 1.82) is 0 Å². The van der Waals surface area contributed by atoms with Gasteiger partial charge in [-0.2, -0.15) is 0 Å². The Morgan fingerprint density at radius 3 is 2.34 bits per heavy atom. The number of amides is 1. The van der Waals surface area contributed by atoms with Crippen molar-refractivity contribution in [2.24, 2.45) is 34.5 Å². The Balaban J connectivity index is 1.39. The lowest BCUT2D eigenvalue weighted by molar-refractivity contribution is -0.161. The average Bonchev–Trinajstić information content (AvgIpc) is 3.20. The van der Waals surface area contributed by atoms with E-state index in [4.69, 9.17) is 0 Å². The third kappa shape index (κ3) is 6.21. The van der Waals surface area contributed by atoms with Crippen LogP contribution in [0, 0.1) is 34.5 Å². The van der Waals surface area contributed by atoms with Crippen LogP contribution >= 0.6 is 0 Å². The lowest BCUT2D eigenvalue weighted by Crippen LogP contribution is -2.58. The molecule has 4 nitrogen and oxygen atoms in total. The first-order valence-electron chi connectivity index (χ1n) is 16.7. The third-order valence-corrected chi connectivity index (χ3v) is 12.1. The minimum Gasteiger partial charge on any atom is -0.388 e. The molecule has 38 heavy (non-hydrogen) atoms. The molecule has 0 aromatic carbocycles. The molecule has 0 aromatic heterocycles. The fourth-order valence-electron chi connectivity index (χ4n) is 9.65. The van der Waals surface area contributed by atoms with Crippen LogP contribution in [0.3, 0.4) is 0 Å². The molecule has 0 radical (unpaired) electrons. The Kier molecular flexibility index (Phi) is 10.1. The fraction of sp³-hybridized carbons (Fsp3) is 0.941. The van der Waals surface area contributed by atoms with Crippen LogP contribution in [-0.4, -0.2) is 40.4 Å². The number of nitrogens with zero attached hydrogens (tertiary/aromatic N) is 1. The molecular formula is C34H59NO3. The second-order valence-corrected chi connectivity index (χ2v) is 14.5. The molecule has 4 fully saturated rings. The molecular weight excluding hydrogens is 470 g/mol. The minimum absolute atomic E-state index is 0.0606. The maximum absolute atomic E-state index is 13.3. The Bertz CT molecular complexity index is 812. The maximum atomic E-state index is 13.3. The molecule has 4 heteroatoms. The highest BCUT2D eigenvalue weighted by molar-refractivity contribution is 5.87. The second-order valence-electron chi connectivity index (χ2n) is 14.5. The summed E-state index contributed by atoms with van der Waals surface area (Å²) in [5.74, 6) is 3.30. The number of Topliss-reactive ketones (excluding diaryl/α,β-unsaturated/α-hetero) is 1. The van der Waals surface area contributed by atoms with Crippen LogP contribution in [0.1, 0.15) is 150 Å². The number of hydrogen-bond acceptors (Lipinski definition) is 3. The maximum Gasteiger partial charge on any atom is 0.222 e. The van der Waals surface area contributed by atoms with Gasteiger partial charge in [0.05, 0.1) is 5.60 Å². The number of hydrogen-bond donors (Lipinski definition) is 1. The molecule has 7 atom stereocenters. The Morgan fingerprint density at radius 1 is 0.868 bits per heavy atom. The Morgan fingerprint density at radius 2 is 1.58 bits per heavy atom. The van der Waals surface area contributed by atoms with E-state index < -0.39 is 5.60 Å². The van der Waals surface area contributed by atoms with E-state index in [2.05, 4.69) is 32.6 Å². The highest BCUT2D eigenvalue weighted by Gasteiger charge is 2.61. The first kappa shape index (κ1) is 30.1. The van der Waals surface area contributed by atoms with Crippen molar-refractivity contribution in [1.82, 2.24) is 4.90 Å². The highest BCUT2D eigenvalue weighted by Crippen LogP contribution is 2.66. The lowest BCUT2D eigenvalue weighted by Gasteiger charge is -2.61. The molecule has 0 spiro atoms. The summed E-state index contributed by atoms with van der Waals surface area (Å²) < 4.78 is 0. The molecule has 218 valence electrons. The number of ketones is 1. The standard InChI is InChI=1S/C34H59NO3/c1-5-7-9-10-11-13-23-35(31(37)14-12-8-6-2)25-34(38)22-21-32(3)26(24-34)15-16-27-28-17-18-30(36)33(28,4)20-19-29(27)32/h26-29,38H,5-25H2,1-4H3/t26-,27-,28-,29-,32-,33-,34+/m0/s1. The van der Waals surface area contributed by atoms with Gasteiger partial charge in [-0.3, -0.25) is 9.59 Å². The van der Waals surface area contributed by atoms with Crippen LogP contribution < -0.4 is 0 Å². The van der Waals surface area contributed by atoms with Crippen molar-refractivity contribution in [3.8, 4) is 0 Å². The van der Waals surface area contributed by atoms with Crippen molar-refractivity contribution >= 4 is 11.7 Å². The van der Waals surface area contributed by atoms with Gasteiger partial charge in [-0.05, 0) is 93.3 Å². The van der Waals surface area contributed by atoms with Crippen molar-refractivity contribution in [2.75, 3.05) is 13.1 Å². The molecule has 4 saturated carbocycles. The topological polar surface area (TPSA) is 57.6 Å². The molecule has 0 aromatic rings. The van der Waals surface area contributed by atoms with E-state index in [0.717, 1.165) is 70.8 Å². The molecule has 1 amide bonds. The van der Waals surface area contributed by atoms with Gasteiger partial charge in [0.15, 0.2) is 0 Å². The van der Waals surface area contributed by atoms with Gasteiger partial charge in [0, 0.05) is 31.3 Å². The largest absolute Gasteiger partial charge is 0.388 e. The van der Waals surface area contributed by atoms with Crippen LogP contribution in [0.15, 0.2) is 0 Å². The SMILES string of the molecule is CCCCCCCCN(C[C@@]1(O)CC[C@@]2(C)[C@@H](CC[C@@H]3[C@@H]2CC[C@]2(C)C(=O)CC[C@@H]32)C1)C(=O)CCCCC. The van der Waals surface area contributed by atoms with Gasteiger partial charge in [-0.1, -0.05) is 72.6 Å². The number of aliphatic hydroxyl groups is 1. The molecule has 0 bridgehead atoms. The first-order chi connectivity index (χ1) is 18.2. The zero-order valence-corrected chi connectivity index (χ0v) is 25.4. The van der Waals surface area contributed by atoms with E-state index in [1.54, 1.807) is 0 Å². The predicted molar refractivity (Wildman–Crippen MR) is 156 cm³/mol. The van der Waals surface area contributed by atoms with Crippen molar-refractivity contribution in [2.45, 2.75) is 155 Å². The minimum atomic E-state index is -0.744. The van der Waals surface area contributed by atoms with Crippen LogP contribution in [0.4, 0.5) is 0 Å². The highest BCUT2D eigenvalue weighted by atomic mass is 16.3. The van der Waals surface area contributed by atoms with E-state index in [9.17, 15) is 14.7 Å². The molecule has 0 unspecified atom stereocenters. The van der Waals surface area contributed by atoms with Gasteiger partial charge in [0.2, 0.25) is 5.91 Å². The summed E-state index contributed by atoms with van der Waals surface area (Å²) in [6.45, 7) is 10.6. The number of carbonyl (C=O) groups is 2. The van der Waals surface area contributed by atoms with Gasteiger partial charge in [-0.15, -0.1) is 0 Å². The zero-order valence-electron chi connectivity index (χ0n) is 25.4. The summed E-state index contributed by atoms with van der Waals surface area (Å²) in [6, 6.07) is 0. The lowest BCUT2D eigenvalue weighted by atomic mass is 9.44. The van der Waals surface area contributed by atoms with Gasteiger partial charge >= 0.3 is 0 Å². The van der Waals surface area contributed by atoms with E-state index in [1.165, 1.54) is 51.4 Å². The van der Waals surface area contributed by atoms with Crippen LogP contribution in [0.2, 0.25) is 0 Å². The first-order valence-corrected chi connectivity index (χ1v) is 16.7. The predicted octanol–water partition coefficient (Wildman–Crippen LogP) is 8.10. The van der Waals surface area contributed by atoms with Crippen LogP contribution in [0.25, 0.3) is 0 Å². The number of carbonyl (C=O) groups excluding carboxylic acids is 2. The molecule has 4 aliphatic rings. The molecule has 0 heterocycles. The average molecular weight is 530 g/mol. The zero-order chi connectivity index (χ0) is 27.4. The van der Waals surface area contributed by atoms with Gasteiger partial charge in [-0.25, -0.2) is 0 Å². The summed E-state index contributed by atoms with van der Waals surface area (Å²) in [5.41, 5.74) is -0.529. The number of unbranched alkanes of at least 4 members (excludes halogenated alkanes) is 7. The Hall–Kier alpha value is -0.900. The molecule has 0 saturated heterocycles. The van der Waals surface area contributed by atoms with Crippen LogP contribution in [0.5, 0.6) is 0 Å². The van der Waals surface area contributed by atoms with Crippen molar-refractivity contribution in [3.05, 3.63) is 0 Å². The van der Waals surface area contributed by atoms with Gasteiger partial charge in [0.25, 0.3) is 0 Å². The van der Waals surface area contributed by atoms with Crippen molar-refractivity contribution < 1.29 is 14.7 Å². The summed E-state index contributed by atoms with van der Waals surface area (Å²) in [5, 5.41) is 12.0. The van der Waals surface area contributed by atoms with Gasteiger partial charge in [0.1, 0.15) is 5.78 Å². The second kappa shape index (κ2) is 12.7. The number of rotatable bonds is 13. The summed E-state index contributed by atoms with van der Waals surface area (Å²) in [6.07, 6.45) is 20.5. The molecule has 4 rings (SSSR count). The number of fused-ring (bicyclic) bond motifs is 5. The molecule has 0 aliphatic heterocycles. The summed E-state index contributed by atoms with van der Waals surface area (Å²) >= 11 is 0. The van der Waals surface area contributed by atoms with E-state index in [0.29, 0.717) is 42.4 Å². The summed E-state index contributed by atoms with van der Waals surface area (Å²) in [4.78, 5) is 28.1. The van der Waals surface area contributed by atoms with Crippen LogP contribution in [-0.2, 0) is 9.59 Å². The Labute approximate surface area is 234 Å². The summed E-state index contributed by atoms with van der Waals surface area (Å²) in [7, 11) is 0. The van der Waals surface area contributed by atoms with Gasteiger partial charge < -0.3 is 10.0 Å². The monoisotopic (exact) mass is 529 g/mol. The quantitative estimate of drug-likeness (QED) is 0.245. The molecule has 4 aliphatic carbocycles. The fourth-order valence-corrected chi connectivity index (χ4v) is 9.65. The van der Waals surface area contributed by atoms with E-state index in [1.807, 2.05) is 0 Å². The smallest absolute Gasteiger partial charge is 0.222 e. The van der Waals surface area contributed by atoms with E-state index >= 15 is 0 Å².